The summed E-state index contributed by atoms with van der Waals surface area (Å²) in [6, 6.07) is 16.6. The fraction of sp³-hybridized carbons (Fsp3) is 0.158. The molecule has 2 aromatic carbocycles. The van der Waals surface area contributed by atoms with Gasteiger partial charge in [0.25, 0.3) is 5.91 Å². The molecule has 1 aromatic heterocycles. The summed E-state index contributed by atoms with van der Waals surface area (Å²) in [7, 11) is 0. The second kappa shape index (κ2) is 8.06. The molecule has 3 aromatic rings. The third-order valence-electron chi connectivity index (χ3n) is 3.53. The summed E-state index contributed by atoms with van der Waals surface area (Å²) in [5, 5.41) is 10.0. The Bertz CT molecular complexity index is 889. The van der Waals surface area contributed by atoms with E-state index in [0.717, 1.165) is 16.7 Å². The van der Waals surface area contributed by atoms with Gasteiger partial charge in [-0.15, -0.1) is 5.10 Å². The Hall–Kier alpha value is -3.48. The Morgan fingerprint density at radius 2 is 1.77 bits per heavy atom. The van der Waals surface area contributed by atoms with Gasteiger partial charge in [-0.25, -0.2) is 0 Å². The third kappa shape index (κ3) is 4.76. The Balaban J connectivity index is 1.47. The van der Waals surface area contributed by atoms with Crippen LogP contribution in [0, 0.1) is 6.92 Å². The lowest BCUT2D eigenvalue weighted by atomic mass is 10.1. The van der Waals surface area contributed by atoms with Crippen LogP contribution in [0.2, 0.25) is 0 Å². The molecule has 132 valence electrons. The van der Waals surface area contributed by atoms with Gasteiger partial charge in [-0.05, 0) is 24.6 Å². The monoisotopic (exact) mass is 351 g/mol. The molecule has 1 N–H and O–H groups in total. The zero-order chi connectivity index (χ0) is 18.4. The third-order valence-corrected chi connectivity index (χ3v) is 3.53. The van der Waals surface area contributed by atoms with Crippen LogP contribution < -0.4 is 5.32 Å². The number of benzene rings is 2. The number of hydrogen-bond acceptors (Lipinski definition) is 6. The number of nitrogens with one attached hydrogen (secondary N) is 1. The SMILES string of the molecule is Cc1ccc(CC(=O)OCC(=O)Nc2nnc(-c3ccccc3)o2)cc1. The summed E-state index contributed by atoms with van der Waals surface area (Å²) in [6.45, 7) is 1.54. The van der Waals surface area contributed by atoms with Gasteiger partial charge in [-0.2, -0.15) is 0 Å². The van der Waals surface area contributed by atoms with E-state index in [-0.39, 0.29) is 18.3 Å². The summed E-state index contributed by atoms with van der Waals surface area (Å²) in [5.74, 6) is -0.748. The summed E-state index contributed by atoms with van der Waals surface area (Å²) in [6.07, 6.45) is 0.103. The molecule has 7 heteroatoms. The molecule has 0 saturated carbocycles. The van der Waals surface area contributed by atoms with Gasteiger partial charge in [0, 0.05) is 5.56 Å². The van der Waals surface area contributed by atoms with Crippen molar-refractivity contribution >= 4 is 17.9 Å². The molecule has 0 spiro atoms. The zero-order valence-corrected chi connectivity index (χ0v) is 14.1. The predicted octanol–water partition coefficient (Wildman–Crippen LogP) is 2.77. The van der Waals surface area contributed by atoms with Crippen molar-refractivity contribution in [3.8, 4) is 11.5 Å². The van der Waals surface area contributed by atoms with Gasteiger partial charge in [0.15, 0.2) is 6.61 Å². The molecule has 0 unspecified atom stereocenters. The van der Waals surface area contributed by atoms with Gasteiger partial charge in [-0.1, -0.05) is 53.1 Å². The van der Waals surface area contributed by atoms with Crippen LogP contribution in [0.15, 0.2) is 59.0 Å². The Kier molecular flexibility index (Phi) is 5.38. The lowest BCUT2D eigenvalue weighted by Gasteiger charge is -2.04. The maximum Gasteiger partial charge on any atom is 0.322 e. The normalized spacial score (nSPS) is 10.3. The first-order chi connectivity index (χ1) is 12.6. The van der Waals surface area contributed by atoms with Crippen LogP contribution in [0.3, 0.4) is 0 Å². The smallest absolute Gasteiger partial charge is 0.322 e. The van der Waals surface area contributed by atoms with Gasteiger partial charge >= 0.3 is 12.0 Å². The van der Waals surface area contributed by atoms with Crippen molar-refractivity contribution in [3.05, 3.63) is 65.7 Å². The first-order valence-electron chi connectivity index (χ1n) is 8.00. The van der Waals surface area contributed by atoms with Crippen molar-refractivity contribution in [2.24, 2.45) is 0 Å². The molecule has 1 heterocycles. The minimum atomic E-state index is -0.550. The van der Waals surface area contributed by atoms with E-state index < -0.39 is 18.5 Å². The lowest BCUT2D eigenvalue weighted by Crippen LogP contribution is -2.21. The van der Waals surface area contributed by atoms with Gasteiger partial charge in [-0.3, -0.25) is 14.9 Å². The fourth-order valence-corrected chi connectivity index (χ4v) is 2.20. The van der Waals surface area contributed by atoms with Crippen molar-refractivity contribution in [1.82, 2.24) is 10.2 Å². The summed E-state index contributed by atoms with van der Waals surface area (Å²) in [4.78, 5) is 23.6. The lowest BCUT2D eigenvalue weighted by molar-refractivity contribution is -0.146. The highest BCUT2D eigenvalue weighted by molar-refractivity contribution is 5.91. The quantitative estimate of drug-likeness (QED) is 0.686. The first kappa shape index (κ1) is 17.3. The van der Waals surface area contributed by atoms with Crippen LogP contribution in [0.4, 0.5) is 6.01 Å². The van der Waals surface area contributed by atoms with Crippen LogP contribution in [0.1, 0.15) is 11.1 Å². The van der Waals surface area contributed by atoms with Crippen LogP contribution >= 0.6 is 0 Å². The van der Waals surface area contributed by atoms with Crippen LogP contribution in [0.25, 0.3) is 11.5 Å². The van der Waals surface area contributed by atoms with Crippen molar-refractivity contribution in [1.29, 1.82) is 0 Å². The van der Waals surface area contributed by atoms with Gasteiger partial charge in [0.2, 0.25) is 5.89 Å². The highest BCUT2D eigenvalue weighted by Gasteiger charge is 2.13. The molecule has 0 aliphatic carbocycles. The number of carbonyl (C=O) groups excluding carboxylic acids is 2. The number of aromatic nitrogens is 2. The number of esters is 1. The van der Waals surface area contributed by atoms with E-state index in [9.17, 15) is 9.59 Å². The molecular formula is C19H17N3O4. The highest BCUT2D eigenvalue weighted by Crippen LogP contribution is 2.18. The molecule has 3 rings (SSSR count). The second-order valence-electron chi connectivity index (χ2n) is 5.65. The van der Waals surface area contributed by atoms with Gasteiger partial charge < -0.3 is 9.15 Å². The molecule has 0 aliphatic heterocycles. The number of hydrogen-bond donors (Lipinski definition) is 1. The molecule has 0 fully saturated rings. The molecular weight excluding hydrogens is 334 g/mol. The number of aryl methyl sites for hydroxylation is 1. The zero-order valence-electron chi connectivity index (χ0n) is 14.1. The van der Waals surface area contributed by atoms with Crippen LogP contribution in [-0.4, -0.2) is 28.7 Å². The minimum Gasteiger partial charge on any atom is -0.455 e. The largest absolute Gasteiger partial charge is 0.455 e. The average Bonchev–Trinajstić information content (AvgIpc) is 3.11. The Morgan fingerprint density at radius 3 is 2.50 bits per heavy atom. The van der Waals surface area contributed by atoms with E-state index in [2.05, 4.69) is 15.5 Å². The van der Waals surface area contributed by atoms with Crippen molar-refractivity contribution in [2.45, 2.75) is 13.3 Å². The molecule has 0 aliphatic rings. The number of ether oxygens (including phenoxy) is 1. The predicted molar refractivity (Wildman–Crippen MR) is 94.2 cm³/mol. The van der Waals surface area contributed by atoms with E-state index in [1.807, 2.05) is 61.5 Å². The van der Waals surface area contributed by atoms with E-state index in [0.29, 0.717) is 0 Å². The van der Waals surface area contributed by atoms with Crippen LogP contribution in [0.5, 0.6) is 0 Å². The first-order valence-corrected chi connectivity index (χ1v) is 8.00. The van der Waals surface area contributed by atoms with Gasteiger partial charge in [0.1, 0.15) is 0 Å². The maximum atomic E-state index is 11.8. The number of carbonyl (C=O) groups is 2. The van der Waals surface area contributed by atoms with Crippen molar-refractivity contribution in [3.63, 3.8) is 0 Å². The van der Waals surface area contributed by atoms with E-state index in [4.69, 9.17) is 9.15 Å². The van der Waals surface area contributed by atoms with E-state index >= 15 is 0 Å². The molecule has 7 nitrogen and oxygen atoms in total. The number of rotatable bonds is 6. The molecule has 0 saturated heterocycles. The number of amides is 1. The number of nitrogens with zero attached hydrogens (tertiary/aromatic N) is 2. The van der Waals surface area contributed by atoms with E-state index in [1.165, 1.54) is 0 Å². The summed E-state index contributed by atoms with van der Waals surface area (Å²) < 4.78 is 10.3. The van der Waals surface area contributed by atoms with Crippen LogP contribution in [-0.2, 0) is 20.7 Å². The molecule has 0 bridgehead atoms. The fourth-order valence-electron chi connectivity index (χ4n) is 2.20. The van der Waals surface area contributed by atoms with Crippen molar-refractivity contribution < 1.29 is 18.7 Å². The average molecular weight is 351 g/mol. The molecule has 0 atom stereocenters. The van der Waals surface area contributed by atoms with E-state index in [1.54, 1.807) is 0 Å². The number of anilines is 1. The standard InChI is InChI=1S/C19H17N3O4/c1-13-7-9-14(10-8-13)11-17(24)25-12-16(23)20-19-22-21-18(26-19)15-5-3-2-4-6-15/h2-10H,11-12H2,1H3,(H,20,22,23). The minimum absolute atomic E-state index is 0.0524. The summed E-state index contributed by atoms with van der Waals surface area (Å²) >= 11 is 0. The highest BCUT2D eigenvalue weighted by atomic mass is 16.5. The molecule has 1 amide bonds. The second-order valence-corrected chi connectivity index (χ2v) is 5.65. The Morgan fingerprint density at radius 1 is 1.04 bits per heavy atom. The molecule has 0 radical (unpaired) electrons. The molecule has 26 heavy (non-hydrogen) atoms. The summed E-state index contributed by atoms with van der Waals surface area (Å²) in [5.41, 5.74) is 2.67. The Labute approximate surface area is 150 Å². The van der Waals surface area contributed by atoms with Crippen molar-refractivity contribution in [2.75, 3.05) is 11.9 Å². The topological polar surface area (TPSA) is 94.3 Å². The maximum absolute atomic E-state index is 11.8. The van der Waals surface area contributed by atoms with Gasteiger partial charge in [0.05, 0.1) is 6.42 Å².